The monoisotopic (exact) mass is 358 g/mol. The molecule has 2 aromatic heterocycles. The molecule has 0 spiro atoms. The van der Waals surface area contributed by atoms with Gasteiger partial charge < -0.3 is 5.32 Å². The molecule has 2 heterocycles. The number of carbonyl (C=O) groups excluding carboxylic acids is 1. The number of anilines is 1. The number of benzene rings is 1. The summed E-state index contributed by atoms with van der Waals surface area (Å²) in [6.45, 7) is 3.71. The van der Waals surface area contributed by atoms with E-state index in [0.717, 1.165) is 11.2 Å². The summed E-state index contributed by atoms with van der Waals surface area (Å²) >= 11 is 0. The number of carbonyl (C=O) groups is 1. The van der Waals surface area contributed by atoms with E-state index in [1.807, 2.05) is 19.9 Å². The normalized spacial score (nSPS) is 11.6. The maximum absolute atomic E-state index is 12.4. The lowest BCUT2D eigenvalue weighted by Crippen LogP contribution is -2.13. The van der Waals surface area contributed by atoms with Gasteiger partial charge in [0, 0.05) is 11.8 Å². The smallest absolute Gasteiger partial charge is 0.255 e. The van der Waals surface area contributed by atoms with Crippen molar-refractivity contribution in [3.63, 3.8) is 0 Å². The summed E-state index contributed by atoms with van der Waals surface area (Å²) in [5.41, 5.74) is 3.36. The predicted molar refractivity (Wildman–Crippen MR) is 95.4 cm³/mol. The van der Waals surface area contributed by atoms with Crippen LogP contribution >= 0.6 is 0 Å². The van der Waals surface area contributed by atoms with Crippen molar-refractivity contribution in [1.82, 2.24) is 14.6 Å². The first-order valence-electron chi connectivity index (χ1n) is 7.63. The number of aryl methyl sites for hydroxylation is 2. The average Bonchev–Trinajstić information content (AvgIpc) is 2.87. The van der Waals surface area contributed by atoms with Gasteiger partial charge in [-0.05, 0) is 43.2 Å². The van der Waals surface area contributed by atoms with Gasteiger partial charge in [-0.2, -0.15) is 5.10 Å². The molecule has 3 aromatic rings. The number of aromatic nitrogens is 3. The summed E-state index contributed by atoms with van der Waals surface area (Å²) in [5, 5.41) is 7.08. The number of rotatable bonds is 4. The lowest BCUT2D eigenvalue weighted by atomic mass is 10.1. The zero-order chi connectivity index (χ0) is 18.2. The highest BCUT2D eigenvalue weighted by atomic mass is 32.2. The van der Waals surface area contributed by atoms with E-state index < -0.39 is 9.84 Å². The Kier molecular flexibility index (Phi) is 4.30. The minimum absolute atomic E-state index is 0.0452. The molecule has 7 nitrogen and oxygen atoms in total. The second-order valence-corrected chi connectivity index (χ2v) is 8.20. The number of sulfone groups is 1. The Balaban J connectivity index is 1.80. The van der Waals surface area contributed by atoms with Crippen LogP contribution in [0.4, 0.5) is 5.69 Å². The van der Waals surface area contributed by atoms with E-state index in [-0.39, 0.29) is 11.7 Å². The summed E-state index contributed by atoms with van der Waals surface area (Å²) in [6, 6.07) is 8.34. The van der Waals surface area contributed by atoms with E-state index in [9.17, 15) is 13.2 Å². The van der Waals surface area contributed by atoms with Crippen molar-refractivity contribution in [1.29, 1.82) is 0 Å². The molecule has 0 radical (unpaired) electrons. The maximum atomic E-state index is 12.4. The molecule has 0 saturated heterocycles. The van der Waals surface area contributed by atoms with Gasteiger partial charge in [0.2, 0.25) is 0 Å². The highest BCUT2D eigenvalue weighted by Gasteiger charge is 2.11. The van der Waals surface area contributed by atoms with Crippen LogP contribution < -0.4 is 5.32 Å². The van der Waals surface area contributed by atoms with Gasteiger partial charge in [0.1, 0.15) is 5.82 Å². The first-order valence-corrected chi connectivity index (χ1v) is 9.69. The van der Waals surface area contributed by atoms with Crippen LogP contribution in [0, 0.1) is 13.8 Å². The van der Waals surface area contributed by atoms with Crippen LogP contribution in [0.15, 0.2) is 36.5 Å². The van der Waals surface area contributed by atoms with Crippen LogP contribution in [-0.4, -0.2) is 35.2 Å². The SMILES string of the molecule is Cc1nc2c(C)cc(NC(=O)c3ccc(CS(C)(=O)=O)cc3)cn2n1. The molecular formula is C17H18N4O3S. The van der Waals surface area contributed by atoms with E-state index in [4.69, 9.17) is 0 Å². The van der Waals surface area contributed by atoms with Crippen molar-refractivity contribution in [3.05, 3.63) is 59.0 Å². The van der Waals surface area contributed by atoms with E-state index >= 15 is 0 Å². The van der Waals surface area contributed by atoms with Crippen LogP contribution in [-0.2, 0) is 15.6 Å². The van der Waals surface area contributed by atoms with Gasteiger partial charge in [-0.15, -0.1) is 0 Å². The molecule has 0 aliphatic heterocycles. The number of hydrogen-bond acceptors (Lipinski definition) is 5. The third-order valence-electron chi connectivity index (χ3n) is 3.63. The minimum Gasteiger partial charge on any atom is -0.321 e. The van der Waals surface area contributed by atoms with Crippen molar-refractivity contribution in [2.75, 3.05) is 11.6 Å². The lowest BCUT2D eigenvalue weighted by molar-refractivity contribution is 0.102. The van der Waals surface area contributed by atoms with E-state index in [1.54, 1.807) is 35.0 Å². The Morgan fingerprint density at radius 2 is 1.88 bits per heavy atom. The van der Waals surface area contributed by atoms with Crippen LogP contribution in [0.1, 0.15) is 27.3 Å². The molecule has 0 saturated carbocycles. The zero-order valence-electron chi connectivity index (χ0n) is 14.1. The fourth-order valence-electron chi connectivity index (χ4n) is 2.58. The molecule has 0 atom stereocenters. The van der Waals surface area contributed by atoms with Crippen LogP contribution in [0.3, 0.4) is 0 Å². The topological polar surface area (TPSA) is 93.4 Å². The summed E-state index contributed by atoms with van der Waals surface area (Å²) in [5.74, 6) is 0.339. The van der Waals surface area contributed by atoms with Crippen molar-refractivity contribution in [2.45, 2.75) is 19.6 Å². The van der Waals surface area contributed by atoms with Crippen LogP contribution in [0.5, 0.6) is 0 Å². The fourth-order valence-corrected chi connectivity index (χ4v) is 3.38. The molecule has 0 bridgehead atoms. The molecule has 1 N–H and O–H groups in total. The highest BCUT2D eigenvalue weighted by molar-refractivity contribution is 7.89. The number of nitrogens with zero attached hydrogens (tertiary/aromatic N) is 3. The third-order valence-corrected chi connectivity index (χ3v) is 4.48. The molecule has 25 heavy (non-hydrogen) atoms. The van der Waals surface area contributed by atoms with Gasteiger partial charge in [0.15, 0.2) is 15.5 Å². The number of hydrogen-bond donors (Lipinski definition) is 1. The second-order valence-electron chi connectivity index (χ2n) is 6.06. The van der Waals surface area contributed by atoms with Crippen LogP contribution in [0.25, 0.3) is 5.65 Å². The zero-order valence-corrected chi connectivity index (χ0v) is 15.0. The Bertz CT molecular complexity index is 1050. The second kappa shape index (κ2) is 6.29. The Hall–Kier alpha value is -2.74. The molecular weight excluding hydrogens is 340 g/mol. The van der Waals surface area contributed by atoms with E-state index in [0.29, 0.717) is 22.6 Å². The molecule has 8 heteroatoms. The number of nitrogens with one attached hydrogen (secondary N) is 1. The van der Waals surface area contributed by atoms with Gasteiger partial charge in [0.05, 0.1) is 17.6 Å². The number of fused-ring (bicyclic) bond motifs is 1. The largest absolute Gasteiger partial charge is 0.321 e. The number of amides is 1. The van der Waals surface area contributed by atoms with Gasteiger partial charge in [-0.25, -0.2) is 17.9 Å². The summed E-state index contributed by atoms with van der Waals surface area (Å²) in [7, 11) is -3.10. The summed E-state index contributed by atoms with van der Waals surface area (Å²) < 4.78 is 24.3. The average molecular weight is 358 g/mol. The first-order chi connectivity index (χ1) is 11.7. The predicted octanol–water partition coefficient (Wildman–Crippen LogP) is 2.14. The van der Waals surface area contributed by atoms with Crippen LogP contribution in [0.2, 0.25) is 0 Å². The van der Waals surface area contributed by atoms with E-state index in [2.05, 4.69) is 15.4 Å². The quantitative estimate of drug-likeness (QED) is 0.771. The molecule has 0 aliphatic carbocycles. The van der Waals surface area contributed by atoms with Crippen molar-refractivity contribution in [3.8, 4) is 0 Å². The van der Waals surface area contributed by atoms with Crippen molar-refractivity contribution >= 4 is 27.1 Å². The summed E-state index contributed by atoms with van der Waals surface area (Å²) in [6.07, 6.45) is 2.89. The van der Waals surface area contributed by atoms with Gasteiger partial charge in [0.25, 0.3) is 5.91 Å². The molecule has 1 amide bonds. The highest BCUT2D eigenvalue weighted by Crippen LogP contribution is 2.16. The Morgan fingerprint density at radius 3 is 2.52 bits per heavy atom. The molecule has 1 aromatic carbocycles. The van der Waals surface area contributed by atoms with Crippen molar-refractivity contribution in [2.24, 2.45) is 0 Å². The van der Waals surface area contributed by atoms with E-state index in [1.165, 1.54) is 6.26 Å². The van der Waals surface area contributed by atoms with Gasteiger partial charge in [-0.1, -0.05) is 12.1 Å². The molecule has 0 fully saturated rings. The molecule has 0 unspecified atom stereocenters. The third kappa shape index (κ3) is 4.03. The number of pyridine rings is 1. The Labute approximate surface area is 145 Å². The molecule has 0 aliphatic rings. The standard InChI is InChI=1S/C17H18N4O3S/c1-11-8-15(9-21-16(11)18-12(2)20-21)19-17(22)14-6-4-13(5-7-14)10-25(3,23)24/h4-9H,10H2,1-3H3,(H,19,22). The molecule has 130 valence electrons. The minimum atomic E-state index is -3.10. The van der Waals surface area contributed by atoms with Gasteiger partial charge >= 0.3 is 0 Å². The fraction of sp³-hybridized carbons (Fsp3) is 0.235. The lowest BCUT2D eigenvalue weighted by Gasteiger charge is -2.08. The maximum Gasteiger partial charge on any atom is 0.255 e. The van der Waals surface area contributed by atoms with Crippen molar-refractivity contribution < 1.29 is 13.2 Å². The summed E-state index contributed by atoms with van der Waals surface area (Å²) in [4.78, 5) is 16.7. The molecule has 3 rings (SSSR count). The first kappa shape index (κ1) is 17.1. The Morgan fingerprint density at radius 1 is 1.20 bits per heavy atom. The van der Waals surface area contributed by atoms with Gasteiger partial charge in [-0.3, -0.25) is 4.79 Å².